The number of rotatable bonds is 4. The number of hydrogen-bond acceptors (Lipinski definition) is 3. The van der Waals surface area contributed by atoms with E-state index in [-0.39, 0.29) is 17.5 Å². The molecule has 3 N–H and O–H groups in total. The van der Waals surface area contributed by atoms with Crippen molar-refractivity contribution in [2.75, 3.05) is 4.72 Å². The van der Waals surface area contributed by atoms with Crippen molar-refractivity contribution in [3.63, 3.8) is 0 Å². The van der Waals surface area contributed by atoms with Gasteiger partial charge in [-0.25, -0.2) is 21.6 Å². The number of aryl methyl sites for hydroxylation is 1. The fourth-order valence-electron chi connectivity index (χ4n) is 1.73. The number of benzene rings is 1. The van der Waals surface area contributed by atoms with Crippen LogP contribution in [0.4, 0.5) is 18.9 Å². The van der Waals surface area contributed by atoms with Crippen LogP contribution in [-0.2, 0) is 23.6 Å². The van der Waals surface area contributed by atoms with Crippen molar-refractivity contribution in [1.29, 1.82) is 0 Å². The molecule has 0 spiro atoms. The van der Waals surface area contributed by atoms with Crippen LogP contribution in [0.2, 0.25) is 0 Å². The highest BCUT2D eigenvalue weighted by atomic mass is 32.2. The molecule has 2 aromatic rings. The van der Waals surface area contributed by atoms with E-state index in [1.807, 2.05) is 4.72 Å². The third kappa shape index (κ3) is 3.03. The van der Waals surface area contributed by atoms with Gasteiger partial charge in [-0.05, 0) is 6.07 Å². The third-order valence-electron chi connectivity index (χ3n) is 2.86. The zero-order chi connectivity index (χ0) is 15.8. The standard InChI is InChI=1S/C12H12F3N3O2S/c1-18-6-8(2-7(18)5-16)21(19,20)17-12-4-10(14)9(13)3-11(12)15/h2-4,6,17H,5,16H2,1H3. The molecule has 0 amide bonds. The van der Waals surface area contributed by atoms with Crippen LogP contribution in [0, 0.1) is 17.5 Å². The van der Waals surface area contributed by atoms with Gasteiger partial charge in [0.2, 0.25) is 0 Å². The predicted octanol–water partition coefficient (Wildman–Crippen LogP) is 1.70. The third-order valence-corrected chi connectivity index (χ3v) is 4.19. The fraction of sp³-hybridized carbons (Fsp3) is 0.167. The van der Waals surface area contributed by atoms with Gasteiger partial charge in [0.25, 0.3) is 10.0 Å². The molecule has 0 saturated carbocycles. The van der Waals surface area contributed by atoms with Gasteiger partial charge in [-0.3, -0.25) is 4.72 Å². The van der Waals surface area contributed by atoms with Crippen molar-refractivity contribution in [2.45, 2.75) is 11.4 Å². The molecule has 0 bridgehead atoms. The van der Waals surface area contributed by atoms with Gasteiger partial charge in [0.15, 0.2) is 11.6 Å². The van der Waals surface area contributed by atoms with Gasteiger partial charge >= 0.3 is 0 Å². The molecular weight excluding hydrogens is 307 g/mol. The van der Waals surface area contributed by atoms with E-state index in [0.29, 0.717) is 11.8 Å². The van der Waals surface area contributed by atoms with E-state index in [2.05, 4.69) is 0 Å². The van der Waals surface area contributed by atoms with Gasteiger partial charge in [0, 0.05) is 37.6 Å². The maximum absolute atomic E-state index is 13.5. The Morgan fingerprint density at radius 3 is 2.33 bits per heavy atom. The molecule has 0 saturated heterocycles. The second kappa shape index (κ2) is 5.41. The van der Waals surface area contributed by atoms with Crippen LogP contribution in [0.5, 0.6) is 0 Å². The quantitative estimate of drug-likeness (QED) is 0.842. The molecule has 21 heavy (non-hydrogen) atoms. The first kappa shape index (κ1) is 15.4. The van der Waals surface area contributed by atoms with Crippen molar-refractivity contribution in [2.24, 2.45) is 12.8 Å². The Hall–Kier alpha value is -2.00. The summed E-state index contributed by atoms with van der Waals surface area (Å²) in [7, 11) is -2.54. The molecule has 1 aromatic heterocycles. The van der Waals surface area contributed by atoms with E-state index in [1.54, 1.807) is 7.05 Å². The molecule has 9 heteroatoms. The lowest BCUT2D eigenvalue weighted by Gasteiger charge is -2.08. The highest BCUT2D eigenvalue weighted by molar-refractivity contribution is 7.92. The zero-order valence-electron chi connectivity index (χ0n) is 10.9. The van der Waals surface area contributed by atoms with Crippen LogP contribution in [0.1, 0.15) is 5.69 Å². The van der Waals surface area contributed by atoms with Crippen LogP contribution in [0.15, 0.2) is 29.3 Å². The molecule has 2 rings (SSSR count). The van der Waals surface area contributed by atoms with Gasteiger partial charge in [0.1, 0.15) is 10.7 Å². The minimum atomic E-state index is -4.13. The Morgan fingerprint density at radius 1 is 1.14 bits per heavy atom. The summed E-state index contributed by atoms with van der Waals surface area (Å²) >= 11 is 0. The van der Waals surface area contributed by atoms with Crippen molar-refractivity contribution < 1.29 is 21.6 Å². The van der Waals surface area contributed by atoms with Gasteiger partial charge < -0.3 is 10.3 Å². The molecule has 1 aromatic carbocycles. The molecule has 0 fully saturated rings. The Kier molecular flexibility index (Phi) is 3.97. The van der Waals surface area contributed by atoms with Gasteiger partial charge in [-0.2, -0.15) is 0 Å². The van der Waals surface area contributed by atoms with Gasteiger partial charge in [0.05, 0.1) is 5.69 Å². The molecule has 0 radical (unpaired) electrons. The summed E-state index contributed by atoms with van der Waals surface area (Å²) in [5.41, 5.74) is 5.30. The molecule has 0 unspecified atom stereocenters. The lowest BCUT2D eigenvalue weighted by Crippen LogP contribution is -2.14. The topological polar surface area (TPSA) is 77.1 Å². The van der Waals surface area contributed by atoms with Crippen molar-refractivity contribution >= 4 is 15.7 Å². The van der Waals surface area contributed by atoms with Crippen molar-refractivity contribution in [3.8, 4) is 0 Å². The average molecular weight is 319 g/mol. The Labute approximate surface area is 119 Å². The maximum atomic E-state index is 13.5. The molecule has 5 nitrogen and oxygen atoms in total. The van der Waals surface area contributed by atoms with E-state index in [4.69, 9.17) is 5.73 Å². The first-order chi connectivity index (χ1) is 9.74. The molecule has 0 aliphatic carbocycles. The smallest absolute Gasteiger partial charge is 0.263 e. The summed E-state index contributed by atoms with van der Waals surface area (Å²) in [5.74, 6) is -3.97. The SMILES string of the molecule is Cn1cc(S(=O)(=O)Nc2cc(F)c(F)cc2F)cc1CN. The maximum Gasteiger partial charge on any atom is 0.263 e. The first-order valence-corrected chi connectivity index (χ1v) is 7.25. The molecule has 0 aliphatic heterocycles. The second-order valence-electron chi connectivity index (χ2n) is 4.33. The lowest BCUT2D eigenvalue weighted by atomic mass is 10.3. The number of anilines is 1. The predicted molar refractivity (Wildman–Crippen MR) is 70.4 cm³/mol. The second-order valence-corrected chi connectivity index (χ2v) is 6.02. The summed E-state index contributed by atoms with van der Waals surface area (Å²) in [6.07, 6.45) is 1.28. The molecule has 114 valence electrons. The fourth-order valence-corrected chi connectivity index (χ4v) is 2.88. The Morgan fingerprint density at radius 2 is 1.76 bits per heavy atom. The van der Waals surface area contributed by atoms with Crippen LogP contribution in [-0.4, -0.2) is 13.0 Å². The summed E-state index contributed by atoms with van der Waals surface area (Å²) < 4.78 is 66.9. The Balaban J connectivity index is 2.39. The Bertz CT molecular complexity index is 787. The number of halogens is 3. The highest BCUT2D eigenvalue weighted by Crippen LogP contribution is 2.22. The minimum absolute atomic E-state index is 0.117. The lowest BCUT2D eigenvalue weighted by molar-refractivity contribution is 0.496. The summed E-state index contributed by atoms with van der Waals surface area (Å²) in [6.45, 7) is 0.117. The largest absolute Gasteiger partial charge is 0.352 e. The van der Waals surface area contributed by atoms with Crippen molar-refractivity contribution in [1.82, 2.24) is 4.57 Å². The summed E-state index contributed by atoms with van der Waals surface area (Å²) in [6, 6.07) is 2.01. The van der Waals surface area contributed by atoms with E-state index < -0.39 is 33.2 Å². The minimum Gasteiger partial charge on any atom is -0.352 e. The van der Waals surface area contributed by atoms with E-state index in [1.165, 1.54) is 16.8 Å². The van der Waals surface area contributed by atoms with E-state index >= 15 is 0 Å². The summed E-state index contributed by atoms with van der Waals surface area (Å²) in [4.78, 5) is -0.158. The van der Waals surface area contributed by atoms with Gasteiger partial charge in [-0.15, -0.1) is 0 Å². The molecule has 0 atom stereocenters. The number of aromatic nitrogens is 1. The van der Waals surface area contributed by atoms with E-state index in [0.717, 1.165) is 0 Å². The van der Waals surface area contributed by atoms with Gasteiger partial charge in [-0.1, -0.05) is 0 Å². The first-order valence-electron chi connectivity index (χ1n) is 5.77. The monoisotopic (exact) mass is 319 g/mol. The normalized spacial score (nSPS) is 11.7. The van der Waals surface area contributed by atoms with Crippen LogP contribution >= 0.6 is 0 Å². The van der Waals surface area contributed by atoms with Crippen LogP contribution in [0.25, 0.3) is 0 Å². The molecular formula is C12H12F3N3O2S. The van der Waals surface area contributed by atoms with Crippen molar-refractivity contribution in [3.05, 3.63) is 47.5 Å². The molecule has 1 heterocycles. The van der Waals surface area contributed by atoms with Crippen LogP contribution < -0.4 is 10.5 Å². The zero-order valence-corrected chi connectivity index (χ0v) is 11.7. The average Bonchev–Trinajstić information content (AvgIpc) is 2.78. The number of nitrogens with zero attached hydrogens (tertiary/aromatic N) is 1. The number of nitrogens with one attached hydrogen (secondary N) is 1. The molecule has 0 aliphatic rings. The number of nitrogens with two attached hydrogens (primary N) is 1. The number of sulfonamides is 1. The van der Waals surface area contributed by atoms with E-state index in [9.17, 15) is 21.6 Å². The van der Waals surface area contributed by atoms with Crippen LogP contribution in [0.3, 0.4) is 0 Å². The summed E-state index contributed by atoms with van der Waals surface area (Å²) in [5, 5.41) is 0. The highest BCUT2D eigenvalue weighted by Gasteiger charge is 2.20. The number of hydrogen-bond donors (Lipinski definition) is 2.